The topological polar surface area (TPSA) is 110 Å². The Labute approximate surface area is 153 Å². The summed E-state index contributed by atoms with van der Waals surface area (Å²) in [4.78, 5) is 24.2. The predicted octanol–water partition coefficient (Wildman–Crippen LogP) is 2.84. The summed E-state index contributed by atoms with van der Waals surface area (Å²) in [6.45, 7) is 0.239. The fraction of sp³-hybridized carbons (Fsp3) is 0.158. The van der Waals surface area contributed by atoms with Gasteiger partial charge in [-0.05, 0) is 12.1 Å². The lowest BCUT2D eigenvalue weighted by atomic mass is 10.2. The van der Waals surface area contributed by atoms with Gasteiger partial charge < -0.3 is 9.47 Å². The number of carbonyl (C=O) groups is 2. The Bertz CT molecular complexity index is 1030. The van der Waals surface area contributed by atoms with Gasteiger partial charge in [-0.25, -0.2) is 9.59 Å². The van der Waals surface area contributed by atoms with E-state index >= 15 is 0 Å². The Hall–Kier alpha value is -3.68. The van der Waals surface area contributed by atoms with Gasteiger partial charge in [-0.3, -0.25) is 10.2 Å². The van der Waals surface area contributed by atoms with Crippen molar-refractivity contribution >= 4 is 33.7 Å². The molecule has 4 rings (SSSR count). The second kappa shape index (κ2) is 7.28. The first-order chi connectivity index (χ1) is 13.2. The quantitative estimate of drug-likeness (QED) is 0.402. The van der Waals surface area contributed by atoms with Gasteiger partial charge in [-0.1, -0.05) is 36.4 Å². The van der Waals surface area contributed by atoms with E-state index in [9.17, 15) is 9.59 Å². The molecule has 2 heterocycles. The van der Waals surface area contributed by atoms with E-state index in [2.05, 4.69) is 20.4 Å². The monoisotopic (exact) mass is 364 g/mol. The molecule has 4 aromatic rings. The van der Waals surface area contributed by atoms with E-state index in [0.717, 1.165) is 11.0 Å². The Morgan fingerprint density at radius 1 is 0.741 bits per heavy atom. The maximum atomic E-state index is 12.1. The zero-order chi connectivity index (χ0) is 18.6. The van der Waals surface area contributed by atoms with E-state index in [1.807, 2.05) is 36.4 Å². The van der Waals surface area contributed by atoms with Crippen molar-refractivity contribution in [2.75, 3.05) is 13.2 Å². The molecule has 2 N–H and O–H groups in total. The van der Waals surface area contributed by atoms with Gasteiger partial charge in [-0.2, -0.15) is 10.2 Å². The standard InChI is InChI=1S/C19H16N4O4/c24-18(16-12-6-1-3-8-14(12)20-22-16)26-10-5-11-27-19(25)17-13-7-2-4-9-15(13)21-23-17/h1-4,6-9H,5,10-11H2,(H,20,22)(H,21,23). The lowest BCUT2D eigenvalue weighted by Crippen LogP contribution is -2.12. The summed E-state index contributed by atoms with van der Waals surface area (Å²) in [5.41, 5.74) is 2.02. The van der Waals surface area contributed by atoms with Crippen LogP contribution in [-0.2, 0) is 9.47 Å². The second-order valence-electron chi connectivity index (χ2n) is 5.86. The highest BCUT2D eigenvalue weighted by atomic mass is 16.5. The van der Waals surface area contributed by atoms with E-state index in [1.165, 1.54) is 0 Å². The van der Waals surface area contributed by atoms with Crippen LogP contribution < -0.4 is 0 Å². The zero-order valence-electron chi connectivity index (χ0n) is 14.3. The van der Waals surface area contributed by atoms with Crippen molar-refractivity contribution in [2.45, 2.75) is 6.42 Å². The molecule has 0 aliphatic carbocycles. The number of benzene rings is 2. The number of esters is 2. The molecule has 0 aliphatic heterocycles. The highest BCUT2D eigenvalue weighted by molar-refractivity contribution is 6.02. The number of fused-ring (bicyclic) bond motifs is 2. The summed E-state index contributed by atoms with van der Waals surface area (Å²) < 4.78 is 10.4. The molecule has 8 nitrogen and oxygen atoms in total. The Kier molecular flexibility index (Phi) is 4.52. The van der Waals surface area contributed by atoms with Crippen molar-refractivity contribution in [3.05, 3.63) is 59.9 Å². The fourth-order valence-corrected chi connectivity index (χ4v) is 2.76. The number of aromatic amines is 2. The van der Waals surface area contributed by atoms with E-state index < -0.39 is 11.9 Å². The SMILES string of the molecule is O=C(OCCCOC(=O)c1n[nH]c2ccccc12)c1n[nH]c2ccccc12. The predicted molar refractivity (Wildman–Crippen MR) is 97.4 cm³/mol. The van der Waals surface area contributed by atoms with Crippen molar-refractivity contribution in [3.8, 4) is 0 Å². The lowest BCUT2D eigenvalue weighted by Gasteiger charge is -2.04. The fourth-order valence-electron chi connectivity index (χ4n) is 2.76. The molecule has 0 aliphatic rings. The molecule has 0 amide bonds. The summed E-state index contributed by atoms with van der Waals surface area (Å²) in [7, 11) is 0. The van der Waals surface area contributed by atoms with Crippen molar-refractivity contribution in [1.82, 2.24) is 20.4 Å². The number of rotatable bonds is 6. The van der Waals surface area contributed by atoms with E-state index in [-0.39, 0.29) is 24.6 Å². The van der Waals surface area contributed by atoms with Crippen LogP contribution in [0.2, 0.25) is 0 Å². The molecule has 0 spiro atoms. The molecule has 0 atom stereocenters. The number of para-hydroxylation sites is 2. The van der Waals surface area contributed by atoms with Crippen molar-refractivity contribution in [2.24, 2.45) is 0 Å². The maximum Gasteiger partial charge on any atom is 0.359 e. The molecule has 0 radical (unpaired) electrons. The first kappa shape index (κ1) is 16.8. The van der Waals surface area contributed by atoms with Gasteiger partial charge in [0.25, 0.3) is 0 Å². The van der Waals surface area contributed by atoms with Crippen LogP contribution in [0.4, 0.5) is 0 Å². The van der Waals surface area contributed by atoms with Crippen LogP contribution in [0.25, 0.3) is 21.8 Å². The molecule has 2 aromatic carbocycles. The van der Waals surface area contributed by atoms with Gasteiger partial charge in [-0.15, -0.1) is 0 Å². The summed E-state index contributed by atoms with van der Waals surface area (Å²) in [5, 5.41) is 15.0. The van der Waals surface area contributed by atoms with Gasteiger partial charge in [0.2, 0.25) is 0 Å². The number of nitrogens with zero attached hydrogens (tertiary/aromatic N) is 2. The minimum Gasteiger partial charge on any atom is -0.461 e. The lowest BCUT2D eigenvalue weighted by molar-refractivity contribution is 0.0391. The third-order valence-electron chi connectivity index (χ3n) is 4.08. The molecular formula is C19H16N4O4. The van der Waals surface area contributed by atoms with E-state index in [0.29, 0.717) is 17.2 Å². The highest BCUT2D eigenvalue weighted by Gasteiger charge is 2.16. The van der Waals surface area contributed by atoms with Crippen molar-refractivity contribution in [3.63, 3.8) is 0 Å². The third-order valence-corrected chi connectivity index (χ3v) is 4.08. The normalized spacial score (nSPS) is 11.0. The average molecular weight is 364 g/mol. The number of ether oxygens (including phenoxy) is 2. The molecule has 0 fully saturated rings. The largest absolute Gasteiger partial charge is 0.461 e. The summed E-state index contributed by atoms with van der Waals surface area (Å²) in [5.74, 6) is -1.03. The Morgan fingerprint density at radius 2 is 1.19 bits per heavy atom. The molecular weight excluding hydrogens is 348 g/mol. The Morgan fingerprint density at radius 3 is 1.67 bits per heavy atom. The summed E-state index contributed by atoms with van der Waals surface area (Å²) in [6, 6.07) is 14.6. The molecule has 136 valence electrons. The number of hydrogen-bond donors (Lipinski definition) is 2. The van der Waals surface area contributed by atoms with Gasteiger partial charge >= 0.3 is 11.9 Å². The molecule has 2 aromatic heterocycles. The van der Waals surface area contributed by atoms with Crippen LogP contribution in [0, 0.1) is 0 Å². The molecule has 0 unspecified atom stereocenters. The summed E-state index contributed by atoms with van der Waals surface area (Å²) >= 11 is 0. The second-order valence-corrected chi connectivity index (χ2v) is 5.86. The number of H-pyrrole nitrogens is 2. The van der Waals surface area contributed by atoms with Crippen LogP contribution in [-0.4, -0.2) is 45.5 Å². The third kappa shape index (κ3) is 3.37. The minimum absolute atomic E-state index is 0.120. The molecule has 27 heavy (non-hydrogen) atoms. The number of nitrogens with one attached hydrogen (secondary N) is 2. The number of hydrogen-bond acceptors (Lipinski definition) is 6. The van der Waals surface area contributed by atoms with Gasteiger partial charge in [0, 0.05) is 17.2 Å². The Balaban J connectivity index is 1.27. The minimum atomic E-state index is -0.517. The smallest absolute Gasteiger partial charge is 0.359 e. The van der Waals surface area contributed by atoms with Gasteiger partial charge in [0.1, 0.15) is 0 Å². The van der Waals surface area contributed by atoms with Crippen molar-refractivity contribution < 1.29 is 19.1 Å². The van der Waals surface area contributed by atoms with Crippen LogP contribution in [0.3, 0.4) is 0 Å². The first-order valence-electron chi connectivity index (χ1n) is 8.44. The molecule has 8 heteroatoms. The number of aromatic nitrogens is 4. The maximum absolute atomic E-state index is 12.1. The van der Waals surface area contributed by atoms with Crippen LogP contribution in [0.5, 0.6) is 0 Å². The average Bonchev–Trinajstić information content (AvgIpc) is 3.32. The highest BCUT2D eigenvalue weighted by Crippen LogP contribution is 2.17. The molecule has 0 saturated carbocycles. The number of carbonyl (C=O) groups excluding carboxylic acids is 2. The van der Waals surface area contributed by atoms with Crippen molar-refractivity contribution in [1.29, 1.82) is 0 Å². The van der Waals surface area contributed by atoms with E-state index in [1.54, 1.807) is 12.1 Å². The van der Waals surface area contributed by atoms with Gasteiger partial charge in [0.05, 0.1) is 24.2 Å². The van der Waals surface area contributed by atoms with E-state index in [4.69, 9.17) is 9.47 Å². The van der Waals surface area contributed by atoms with Crippen LogP contribution >= 0.6 is 0 Å². The molecule has 0 bridgehead atoms. The van der Waals surface area contributed by atoms with Crippen LogP contribution in [0.15, 0.2) is 48.5 Å². The van der Waals surface area contributed by atoms with Gasteiger partial charge in [0.15, 0.2) is 11.4 Å². The van der Waals surface area contributed by atoms with Crippen LogP contribution in [0.1, 0.15) is 27.4 Å². The zero-order valence-corrected chi connectivity index (χ0v) is 14.3. The molecule has 0 saturated heterocycles. The summed E-state index contributed by atoms with van der Waals surface area (Å²) in [6.07, 6.45) is 0.377. The first-order valence-corrected chi connectivity index (χ1v) is 8.44.